The van der Waals surface area contributed by atoms with Gasteiger partial charge in [0.1, 0.15) is 5.75 Å². The average Bonchev–Trinajstić information content (AvgIpc) is 2.61. The summed E-state index contributed by atoms with van der Waals surface area (Å²) in [6.07, 6.45) is 1.04. The van der Waals surface area contributed by atoms with Crippen LogP contribution in [0.2, 0.25) is 5.02 Å². The van der Waals surface area contributed by atoms with Crippen molar-refractivity contribution in [3.63, 3.8) is 0 Å². The number of hydrogen-bond donors (Lipinski definition) is 2. The lowest BCUT2D eigenvalue weighted by atomic mass is 10.2. The molecule has 0 aliphatic carbocycles. The minimum atomic E-state index is 0.639. The highest BCUT2D eigenvalue weighted by atomic mass is 35.5. The van der Waals surface area contributed by atoms with E-state index in [0.29, 0.717) is 11.7 Å². The number of thioether (sulfide) groups is 1. The first-order valence-electron chi connectivity index (χ1n) is 8.28. The van der Waals surface area contributed by atoms with E-state index < -0.39 is 0 Å². The van der Waals surface area contributed by atoms with Crippen molar-refractivity contribution in [2.24, 2.45) is 0 Å². The van der Waals surface area contributed by atoms with Crippen LogP contribution >= 0.6 is 35.6 Å². The second-order valence-electron chi connectivity index (χ2n) is 5.34. The zero-order valence-electron chi connectivity index (χ0n) is 14.3. The van der Waals surface area contributed by atoms with Gasteiger partial charge in [-0.15, -0.1) is 0 Å². The van der Waals surface area contributed by atoms with Gasteiger partial charge in [0, 0.05) is 23.0 Å². The van der Waals surface area contributed by atoms with Crippen LogP contribution in [0.15, 0.2) is 48.5 Å². The molecule has 0 saturated heterocycles. The molecule has 3 nitrogen and oxygen atoms in total. The Kier molecular flexibility index (Phi) is 8.94. The molecule has 2 N–H and O–H groups in total. The summed E-state index contributed by atoms with van der Waals surface area (Å²) in [5.74, 6) is 2.86. The fourth-order valence-electron chi connectivity index (χ4n) is 2.15. The lowest BCUT2D eigenvalue weighted by molar-refractivity contribution is 0.340. The molecule has 0 fully saturated rings. The third-order valence-electron chi connectivity index (χ3n) is 3.39. The summed E-state index contributed by atoms with van der Waals surface area (Å²) in [5.41, 5.74) is 2.14. The molecular weight excluding hydrogens is 372 g/mol. The van der Waals surface area contributed by atoms with E-state index in [9.17, 15) is 0 Å². The number of benzene rings is 2. The predicted octanol–water partition coefficient (Wildman–Crippen LogP) is 5.35. The lowest BCUT2D eigenvalue weighted by Crippen LogP contribution is -2.29. The van der Waals surface area contributed by atoms with Crippen molar-refractivity contribution >= 4 is 46.4 Å². The molecule has 0 unspecified atom stereocenters. The number of hydrogen-bond acceptors (Lipinski definition) is 3. The molecule has 0 aliphatic rings. The van der Waals surface area contributed by atoms with E-state index in [1.165, 1.54) is 5.56 Å². The second kappa shape index (κ2) is 11.2. The van der Waals surface area contributed by atoms with Gasteiger partial charge in [0.15, 0.2) is 5.11 Å². The molecule has 0 amide bonds. The maximum atomic E-state index is 6.15. The van der Waals surface area contributed by atoms with E-state index in [4.69, 9.17) is 28.6 Å². The Morgan fingerprint density at radius 1 is 1.16 bits per heavy atom. The zero-order valence-corrected chi connectivity index (χ0v) is 16.6. The summed E-state index contributed by atoms with van der Waals surface area (Å²) in [7, 11) is 0. The van der Waals surface area contributed by atoms with Gasteiger partial charge in [0.05, 0.1) is 6.61 Å². The van der Waals surface area contributed by atoms with Gasteiger partial charge in [-0.05, 0) is 67.2 Å². The first-order chi connectivity index (χ1) is 12.2. The fourth-order valence-corrected chi connectivity index (χ4v) is 3.62. The van der Waals surface area contributed by atoms with Crippen LogP contribution in [0, 0.1) is 0 Å². The molecule has 2 rings (SSSR count). The number of rotatable bonds is 9. The van der Waals surface area contributed by atoms with Crippen LogP contribution in [0.3, 0.4) is 0 Å². The molecule has 134 valence electrons. The van der Waals surface area contributed by atoms with Gasteiger partial charge in [-0.3, -0.25) is 0 Å². The fraction of sp³-hybridized carbons (Fsp3) is 0.316. The predicted molar refractivity (Wildman–Crippen MR) is 114 cm³/mol. The van der Waals surface area contributed by atoms with Crippen LogP contribution in [-0.4, -0.2) is 24.0 Å². The van der Waals surface area contributed by atoms with Crippen LogP contribution in [0.1, 0.15) is 18.9 Å². The van der Waals surface area contributed by atoms with Crippen molar-refractivity contribution in [3.8, 4) is 5.75 Å². The van der Waals surface area contributed by atoms with Crippen molar-refractivity contribution in [2.45, 2.75) is 19.1 Å². The molecule has 0 spiro atoms. The monoisotopic (exact) mass is 394 g/mol. The molecule has 25 heavy (non-hydrogen) atoms. The molecule has 2 aromatic rings. The highest BCUT2D eigenvalue weighted by Gasteiger charge is 2.00. The molecule has 0 saturated carbocycles. The number of thiocarbonyl (C=S) groups is 1. The normalized spacial score (nSPS) is 10.3. The maximum Gasteiger partial charge on any atom is 0.170 e. The lowest BCUT2D eigenvalue weighted by Gasteiger charge is -2.11. The standard InChI is InChI=1S/C19H23ClN2OS2/c1-2-23-17-10-8-16(9-11-17)22-19(24)21-12-5-13-25-14-15-6-3-4-7-18(15)20/h3-4,6-11H,2,5,12-14H2,1H3,(H2,21,22,24). The van der Waals surface area contributed by atoms with Gasteiger partial charge in [0.2, 0.25) is 0 Å². The topological polar surface area (TPSA) is 33.3 Å². The van der Waals surface area contributed by atoms with Crippen LogP contribution in [0.25, 0.3) is 0 Å². The largest absolute Gasteiger partial charge is 0.494 e. The van der Waals surface area contributed by atoms with Gasteiger partial charge in [-0.2, -0.15) is 11.8 Å². The molecule has 0 heterocycles. The molecule has 0 radical (unpaired) electrons. The Morgan fingerprint density at radius 3 is 2.64 bits per heavy atom. The quantitative estimate of drug-likeness (QED) is 0.442. The summed E-state index contributed by atoms with van der Waals surface area (Å²) in [4.78, 5) is 0. The van der Waals surface area contributed by atoms with Crippen molar-refractivity contribution in [3.05, 3.63) is 59.1 Å². The van der Waals surface area contributed by atoms with Crippen molar-refractivity contribution in [1.29, 1.82) is 0 Å². The molecule has 0 atom stereocenters. The van der Waals surface area contributed by atoms with E-state index in [-0.39, 0.29) is 0 Å². The van der Waals surface area contributed by atoms with Crippen molar-refractivity contribution in [1.82, 2.24) is 5.32 Å². The van der Waals surface area contributed by atoms with Crippen molar-refractivity contribution in [2.75, 3.05) is 24.2 Å². The summed E-state index contributed by atoms with van der Waals surface area (Å²) in [6, 6.07) is 15.8. The van der Waals surface area contributed by atoms with E-state index in [2.05, 4.69) is 16.7 Å². The van der Waals surface area contributed by atoms with Crippen LogP contribution in [0.4, 0.5) is 5.69 Å². The summed E-state index contributed by atoms with van der Waals surface area (Å²) >= 11 is 13.3. The van der Waals surface area contributed by atoms with Gasteiger partial charge >= 0.3 is 0 Å². The summed E-state index contributed by atoms with van der Waals surface area (Å²) in [6.45, 7) is 3.48. The smallest absolute Gasteiger partial charge is 0.170 e. The Balaban J connectivity index is 1.58. The molecular formula is C19H23ClN2OS2. The van der Waals surface area contributed by atoms with E-state index >= 15 is 0 Å². The first kappa shape index (κ1) is 19.9. The Morgan fingerprint density at radius 2 is 1.92 bits per heavy atom. The highest BCUT2D eigenvalue weighted by Crippen LogP contribution is 2.21. The van der Waals surface area contributed by atoms with Gasteiger partial charge in [0.25, 0.3) is 0 Å². The van der Waals surface area contributed by atoms with Gasteiger partial charge in [-0.1, -0.05) is 29.8 Å². The Hall–Kier alpha value is -1.43. The number of halogens is 1. The van der Waals surface area contributed by atoms with Gasteiger partial charge < -0.3 is 15.4 Å². The van der Waals surface area contributed by atoms with E-state index in [0.717, 1.165) is 40.9 Å². The number of nitrogens with one attached hydrogen (secondary N) is 2. The third kappa shape index (κ3) is 7.55. The van der Waals surface area contributed by atoms with Crippen molar-refractivity contribution < 1.29 is 4.74 Å². The Labute approximate surface area is 164 Å². The zero-order chi connectivity index (χ0) is 17.9. The van der Waals surface area contributed by atoms with Crippen LogP contribution in [0.5, 0.6) is 5.75 Å². The minimum Gasteiger partial charge on any atom is -0.494 e. The molecule has 0 bridgehead atoms. The van der Waals surface area contributed by atoms with E-state index in [1.807, 2.05) is 61.2 Å². The first-order valence-corrected chi connectivity index (χ1v) is 10.2. The van der Waals surface area contributed by atoms with E-state index in [1.54, 1.807) is 0 Å². The minimum absolute atomic E-state index is 0.639. The Bertz CT molecular complexity index is 665. The van der Waals surface area contributed by atoms with Crippen LogP contribution < -0.4 is 15.4 Å². The summed E-state index contributed by atoms with van der Waals surface area (Å²) in [5, 5.41) is 7.89. The molecule has 2 aromatic carbocycles. The highest BCUT2D eigenvalue weighted by molar-refractivity contribution is 7.98. The number of ether oxygens (including phenoxy) is 1. The average molecular weight is 395 g/mol. The summed E-state index contributed by atoms with van der Waals surface area (Å²) < 4.78 is 5.42. The van der Waals surface area contributed by atoms with Gasteiger partial charge in [-0.25, -0.2) is 0 Å². The second-order valence-corrected chi connectivity index (χ2v) is 7.26. The number of anilines is 1. The van der Waals surface area contributed by atoms with Crippen LogP contribution in [-0.2, 0) is 5.75 Å². The molecule has 0 aromatic heterocycles. The SMILES string of the molecule is CCOc1ccc(NC(=S)NCCCSCc2ccccc2Cl)cc1. The molecule has 6 heteroatoms. The molecule has 0 aliphatic heterocycles. The third-order valence-corrected chi connectivity index (χ3v) is 5.10. The maximum absolute atomic E-state index is 6.15.